The number of Topliss-reactive ketones (excluding diaryl/α,β-unsaturated/α-hetero) is 1. The van der Waals surface area contributed by atoms with Crippen molar-refractivity contribution in [2.24, 2.45) is 22.9 Å². The second kappa shape index (κ2) is 34.5. The third-order valence-electron chi connectivity index (χ3n) is 15.6. The SMILES string of the molecule is C[C@@H]1NC(=O)[C@H](CC(N)=O)NC(=O)[C@@H](Cc2ccccc2)NC(=O)[C@H](CCCNC(=N)N)NC(=O)[C@H](Cc2c[nH]c3ccccc23)NC(=O)[C@@H](NC(=O)[C@@H](N)Cc2ccc(O)cc2)CC(=O)N[C@H](CNC(=O)[C@@H](N)Cc2ccc(O)cc2)C(=O)[C@H](Cc2ccccc2)NC1=O. The number of amides is 10. The van der Waals surface area contributed by atoms with Crippen LogP contribution in [0.5, 0.6) is 11.5 Å². The van der Waals surface area contributed by atoms with Crippen molar-refractivity contribution in [2.75, 3.05) is 13.1 Å². The summed E-state index contributed by atoms with van der Waals surface area (Å²) < 4.78 is 0. The molecule has 0 saturated carbocycles. The fraction of sp³-hybridized carbons (Fsp3) is 0.333. The molecule has 0 aliphatic carbocycles. The van der Waals surface area contributed by atoms with Crippen LogP contribution in [0.15, 0.2) is 140 Å². The Labute approximate surface area is 546 Å². The van der Waals surface area contributed by atoms with E-state index in [0.29, 0.717) is 38.7 Å². The fourth-order valence-corrected chi connectivity index (χ4v) is 10.5. The summed E-state index contributed by atoms with van der Waals surface area (Å²) >= 11 is 0. The molecule has 29 heteroatoms. The van der Waals surface area contributed by atoms with Crippen LogP contribution >= 0.6 is 0 Å². The van der Waals surface area contributed by atoms with Gasteiger partial charge in [-0.2, -0.15) is 0 Å². The van der Waals surface area contributed by atoms with Crippen molar-refractivity contribution in [1.29, 1.82) is 5.41 Å². The summed E-state index contributed by atoms with van der Waals surface area (Å²) in [4.78, 5) is 163. The molecule has 7 rings (SSSR count). The number of fused-ring (bicyclic) bond motifs is 1. The lowest BCUT2D eigenvalue weighted by atomic mass is 9.96. The van der Waals surface area contributed by atoms with Gasteiger partial charge in [-0.1, -0.05) is 103 Å². The van der Waals surface area contributed by atoms with E-state index in [4.69, 9.17) is 28.3 Å². The Hall–Kier alpha value is -11.2. The Morgan fingerprint density at radius 1 is 0.537 bits per heavy atom. The molecule has 10 amide bonds. The van der Waals surface area contributed by atoms with Gasteiger partial charge in [-0.25, -0.2) is 0 Å². The first-order valence-electron chi connectivity index (χ1n) is 30.7. The number of phenols is 2. The number of nitrogens with one attached hydrogen (secondary N) is 12. The summed E-state index contributed by atoms with van der Waals surface area (Å²) in [7, 11) is 0. The van der Waals surface area contributed by atoms with E-state index >= 15 is 14.4 Å². The minimum Gasteiger partial charge on any atom is -0.508 e. The van der Waals surface area contributed by atoms with E-state index in [1.807, 2.05) is 0 Å². The second-order valence-corrected chi connectivity index (χ2v) is 23.1. The summed E-state index contributed by atoms with van der Waals surface area (Å²) in [5, 5.41) is 54.0. The molecule has 0 unspecified atom stereocenters. The Kier molecular flexibility index (Phi) is 25.8. The van der Waals surface area contributed by atoms with E-state index in [0.717, 1.165) is 0 Å². The maximum absolute atomic E-state index is 15.3. The Morgan fingerprint density at radius 3 is 1.62 bits per heavy atom. The molecule has 0 spiro atoms. The highest BCUT2D eigenvalue weighted by molar-refractivity contribution is 6.02. The number of hydrogen-bond acceptors (Lipinski definition) is 16. The summed E-state index contributed by atoms with van der Waals surface area (Å²) in [6.45, 7) is 0.546. The van der Waals surface area contributed by atoms with Crippen LogP contribution < -0.4 is 76.1 Å². The number of H-pyrrole nitrogens is 1. The topological polar surface area (TPSA) is 492 Å². The van der Waals surface area contributed by atoms with Gasteiger partial charge < -0.3 is 91.3 Å². The number of hydrogen-bond donors (Lipinski definition) is 18. The molecular weight excluding hydrogens is 1220 g/mol. The first-order chi connectivity index (χ1) is 45.4. The van der Waals surface area contributed by atoms with E-state index in [1.54, 1.807) is 103 Å². The molecule has 1 aliphatic rings. The Bertz CT molecular complexity index is 3710. The maximum Gasteiger partial charge on any atom is 0.243 e. The lowest BCUT2D eigenvalue weighted by Gasteiger charge is -2.29. The van der Waals surface area contributed by atoms with Gasteiger partial charge in [0.1, 0.15) is 53.8 Å². The average Bonchev–Trinajstić information content (AvgIpc) is 1.85. The van der Waals surface area contributed by atoms with Crippen LogP contribution in [0.1, 0.15) is 60.4 Å². The largest absolute Gasteiger partial charge is 0.508 e. The van der Waals surface area contributed by atoms with Gasteiger partial charge in [0.15, 0.2) is 11.7 Å². The molecule has 502 valence electrons. The van der Waals surface area contributed by atoms with Crippen LogP contribution in [0.4, 0.5) is 0 Å². The van der Waals surface area contributed by atoms with Crippen LogP contribution in [0.2, 0.25) is 0 Å². The predicted molar refractivity (Wildman–Crippen MR) is 349 cm³/mol. The zero-order chi connectivity index (χ0) is 68.7. The van der Waals surface area contributed by atoms with Crippen molar-refractivity contribution in [3.8, 4) is 11.5 Å². The molecule has 10 atom stereocenters. The number of carbonyl (C=O) groups excluding carboxylic acids is 11. The van der Waals surface area contributed by atoms with Crippen molar-refractivity contribution in [3.05, 3.63) is 167 Å². The maximum atomic E-state index is 15.3. The monoisotopic (exact) mass is 1300 g/mol. The Balaban J connectivity index is 1.33. The molecular formula is C66H80N16O13. The number of phenolic OH excluding ortho intramolecular Hbond substituents is 2. The number of aromatic hydroxyl groups is 2. The number of aromatic nitrogens is 1. The third kappa shape index (κ3) is 22.0. The lowest BCUT2D eigenvalue weighted by molar-refractivity contribution is -0.137. The number of guanidine groups is 1. The average molecular weight is 1310 g/mol. The first kappa shape index (κ1) is 71.2. The van der Waals surface area contributed by atoms with Crippen molar-refractivity contribution in [3.63, 3.8) is 0 Å². The molecule has 5 aromatic carbocycles. The van der Waals surface area contributed by atoms with Crippen LogP contribution in [0.3, 0.4) is 0 Å². The molecule has 1 aromatic heterocycles. The van der Waals surface area contributed by atoms with E-state index < -0.39 is 151 Å². The van der Waals surface area contributed by atoms with Crippen LogP contribution in [-0.4, -0.2) is 160 Å². The number of primary amides is 1. The number of carbonyl (C=O) groups is 11. The normalized spacial score (nSPS) is 21.1. The van der Waals surface area contributed by atoms with Gasteiger partial charge >= 0.3 is 0 Å². The van der Waals surface area contributed by atoms with Gasteiger partial charge in [0.2, 0.25) is 59.1 Å². The zero-order valence-corrected chi connectivity index (χ0v) is 52.0. The van der Waals surface area contributed by atoms with Crippen molar-refractivity contribution < 1.29 is 63.0 Å². The van der Waals surface area contributed by atoms with Crippen molar-refractivity contribution >= 4 is 81.7 Å². The fourth-order valence-electron chi connectivity index (χ4n) is 10.5. The second-order valence-electron chi connectivity index (χ2n) is 23.1. The predicted octanol–water partition coefficient (Wildman–Crippen LogP) is -2.13. The van der Waals surface area contributed by atoms with Gasteiger partial charge in [-0.3, -0.25) is 58.1 Å². The smallest absolute Gasteiger partial charge is 0.243 e. The molecule has 1 saturated heterocycles. The number of para-hydroxylation sites is 1. The van der Waals surface area contributed by atoms with Crippen LogP contribution in [0, 0.1) is 5.41 Å². The number of ketones is 1. The summed E-state index contributed by atoms with van der Waals surface area (Å²) in [5.41, 5.74) is 27.1. The van der Waals surface area contributed by atoms with Crippen molar-refractivity contribution in [2.45, 2.75) is 125 Å². The number of benzene rings is 5. The highest BCUT2D eigenvalue weighted by Crippen LogP contribution is 2.21. The van der Waals surface area contributed by atoms with E-state index in [2.05, 4.69) is 58.2 Å². The summed E-state index contributed by atoms with van der Waals surface area (Å²) in [5.74, 6) is -11.6. The minimum absolute atomic E-state index is 0.0121. The summed E-state index contributed by atoms with van der Waals surface area (Å²) in [6, 6.07) is 19.1. The van der Waals surface area contributed by atoms with Gasteiger partial charge in [-0.15, -0.1) is 0 Å². The van der Waals surface area contributed by atoms with E-state index in [9.17, 15) is 48.6 Å². The third-order valence-corrected chi connectivity index (χ3v) is 15.6. The molecule has 95 heavy (non-hydrogen) atoms. The lowest BCUT2D eigenvalue weighted by Crippen LogP contribution is -2.62. The quantitative estimate of drug-likeness (QED) is 0.0208. The van der Waals surface area contributed by atoms with Gasteiger partial charge in [0.25, 0.3) is 0 Å². The molecule has 0 radical (unpaired) electrons. The highest BCUT2D eigenvalue weighted by Gasteiger charge is 2.38. The van der Waals surface area contributed by atoms with Crippen LogP contribution in [-0.2, 0) is 84.8 Å². The molecule has 22 N–H and O–H groups in total. The molecule has 29 nitrogen and oxygen atoms in total. The van der Waals surface area contributed by atoms with Crippen molar-refractivity contribution in [1.82, 2.24) is 58.2 Å². The molecule has 0 bridgehead atoms. The summed E-state index contributed by atoms with van der Waals surface area (Å²) in [6.07, 6.45) is -1.38. The Morgan fingerprint density at radius 2 is 1.03 bits per heavy atom. The minimum atomic E-state index is -1.93. The van der Waals surface area contributed by atoms with E-state index in [-0.39, 0.29) is 63.0 Å². The molecule has 1 fully saturated rings. The van der Waals surface area contributed by atoms with Gasteiger partial charge in [0, 0.05) is 43.0 Å². The molecule has 6 aromatic rings. The van der Waals surface area contributed by atoms with Gasteiger partial charge in [-0.05, 0) is 97.2 Å². The first-order valence-corrected chi connectivity index (χ1v) is 30.7. The van der Waals surface area contributed by atoms with E-state index in [1.165, 1.54) is 43.3 Å². The number of nitrogens with two attached hydrogens (primary N) is 4. The zero-order valence-electron chi connectivity index (χ0n) is 52.0. The van der Waals surface area contributed by atoms with Gasteiger partial charge in [0.05, 0.1) is 31.0 Å². The standard InChI is InChI=1S/C66H80N16O13/c1-36-58(88)78-49(29-37-11-4-2-5-12-37)57(87)54(35-74-59(89)45(67)27-39-18-22-42(83)23-19-39)76-56(86)33-53(79-60(90)46(68)28-40-20-24-43(84)25-21-40)65(95)81-51(31-41-34-73-47-16-9-8-15-44(41)47)64(94)77-48(17-10-26-72-66(70)71)61(91)80-50(30-38-13-6-3-7-14-38)63(93)82-52(32-55(69)85)62(92)75-36/h2-9,11-16,18-25,34,36,45-46,48-54,73,83-84H,10,17,26-33,35,67-68H2,1H3,(H2,69,85)(H,74,89)(H,75,92)(H,76,86)(H,77,94)(H,78,88)(H,79,90)(H,80,91)(H,81,95)(H,82,93)(H4,70,71,72)/t36-,45-,46-,48-,49-,50+,51-,52-,53-,54+/m0/s1. The van der Waals surface area contributed by atoms with Crippen LogP contribution in [0.25, 0.3) is 10.9 Å². The number of aromatic amines is 1. The molecule has 1 aliphatic heterocycles. The molecule has 2 heterocycles. The number of rotatable bonds is 21. The highest BCUT2D eigenvalue weighted by atomic mass is 16.3.